The molecule has 0 fully saturated rings. The number of rotatable bonds is 4. The Balaban J connectivity index is 2.56. The van der Waals surface area contributed by atoms with Crippen molar-refractivity contribution in [1.82, 2.24) is 19.3 Å². The second-order valence-corrected chi connectivity index (χ2v) is 5.16. The highest BCUT2D eigenvalue weighted by molar-refractivity contribution is 14.1. The fourth-order valence-electron chi connectivity index (χ4n) is 1.57. The Morgan fingerprint density at radius 2 is 2.28 bits per heavy atom. The van der Waals surface area contributed by atoms with Crippen molar-refractivity contribution >= 4 is 34.2 Å². The van der Waals surface area contributed by atoms with Crippen LogP contribution in [0.15, 0.2) is 23.3 Å². The molecule has 0 saturated heterocycles. The molecule has 0 amide bonds. The van der Waals surface area contributed by atoms with E-state index in [1.165, 1.54) is 4.68 Å². The van der Waals surface area contributed by atoms with Crippen molar-refractivity contribution in [3.05, 3.63) is 37.7 Å². The molecular weight excluding hydrogens is 367 g/mol. The van der Waals surface area contributed by atoms with Crippen molar-refractivity contribution in [3.63, 3.8) is 0 Å². The number of halogens is 2. The van der Waals surface area contributed by atoms with Gasteiger partial charge in [-0.05, 0) is 35.1 Å². The van der Waals surface area contributed by atoms with Gasteiger partial charge in [0.25, 0.3) is 5.56 Å². The Bertz CT molecular complexity index is 594. The van der Waals surface area contributed by atoms with Crippen LogP contribution < -0.4 is 5.56 Å². The van der Waals surface area contributed by atoms with Gasteiger partial charge in [0, 0.05) is 18.9 Å². The molecule has 0 radical (unpaired) electrons. The normalized spacial score (nSPS) is 10.8. The summed E-state index contributed by atoms with van der Waals surface area (Å²) < 4.78 is 3.76. The van der Waals surface area contributed by atoms with E-state index in [0.717, 1.165) is 12.8 Å². The molecule has 0 aliphatic heterocycles. The Morgan fingerprint density at radius 1 is 1.50 bits per heavy atom. The van der Waals surface area contributed by atoms with Crippen molar-refractivity contribution < 1.29 is 0 Å². The number of unbranched alkanes of at least 4 members (excludes halogenated alkanes) is 1. The second kappa shape index (κ2) is 5.83. The zero-order valence-electron chi connectivity index (χ0n) is 9.81. The fourth-order valence-corrected chi connectivity index (χ4v) is 2.33. The molecule has 2 rings (SSSR count). The molecule has 2 aromatic heterocycles. The predicted molar refractivity (Wildman–Crippen MR) is 78.3 cm³/mol. The summed E-state index contributed by atoms with van der Waals surface area (Å²) in [5.41, 5.74) is -0.166. The van der Waals surface area contributed by atoms with E-state index in [-0.39, 0.29) is 11.4 Å². The highest BCUT2D eigenvalue weighted by Gasteiger charge is 2.14. The maximum Gasteiger partial charge on any atom is 0.296 e. The van der Waals surface area contributed by atoms with E-state index >= 15 is 0 Å². The molecule has 0 atom stereocenters. The molecule has 0 aliphatic carbocycles. The Morgan fingerprint density at radius 3 is 2.89 bits per heavy atom. The molecule has 0 N–H and O–H groups in total. The van der Waals surface area contributed by atoms with Crippen molar-refractivity contribution in [3.8, 4) is 5.82 Å². The third-order valence-electron chi connectivity index (χ3n) is 2.50. The van der Waals surface area contributed by atoms with Gasteiger partial charge in [-0.25, -0.2) is 9.67 Å². The summed E-state index contributed by atoms with van der Waals surface area (Å²) in [7, 11) is 0. The molecule has 0 spiro atoms. The summed E-state index contributed by atoms with van der Waals surface area (Å²) >= 11 is 8.11. The maximum absolute atomic E-state index is 12.3. The minimum absolute atomic E-state index is 0.166. The van der Waals surface area contributed by atoms with E-state index in [4.69, 9.17) is 11.6 Å². The van der Waals surface area contributed by atoms with Crippen LogP contribution >= 0.6 is 34.2 Å². The molecule has 2 heterocycles. The molecule has 0 saturated carbocycles. The molecule has 0 aromatic carbocycles. The van der Waals surface area contributed by atoms with E-state index in [1.807, 2.05) is 22.6 Å². The third-order valence-corrected chi connectivity index (χ3v) is 4.18. The fraction of sp³-hybridized carbons (Fsp3) is 0.364. The molecular formula is C11H12ClIN4O. The maximum atomic E-state index is 12.3. The van der Waals surface area contributed by atoms with Crippen LogP contribution in [0.25, 0.3) is 5.82 Å². The lowest BCUT2D eigenvalue weighted by Crippen LogP contribution is -2.28. The lowest BCUT2D eigenvalue weighted by atomic mass is 10.3. The summed E-state index contributed by atoms with van der Waals surface area (Å²) in [6, 6.07) is 1.74. The van der Waals surface area contributed by atoms with E-state index < -0.39 is 0 Å². The number of aromatic nitrogens is 4. The molecule has 5 nitrogen and oxygen atoms in total. The number of hydrogen-bond acceptors (Lipinski definition) is 3. The van der Waals surface area contributed by atoms with Crippen molar-refractivity contribution in [2.24, 2.45) is 0 Å². The standard InChI is InChI=1S/C11H12ClIN4O/c1-2-3-6-16-9(13)8(12)15-10(11(16)18)17-7-4-5-14-17/h4-5,7H,2-3,6H2,1H3. The van der Waals surface area contributed by atoms with Gasteiger partial charge in [-0.15, -0.1) is 0 Å². The molecule has 7 heteroatoms. The van der Waals surface area contributed by atoms with Crippen molar-refractivity contribution in [2.75, 3.05) is 0 Å². The lowest BCUT2D eigenvalue weighted by molar-refractivity contribution is 0.589. The van der Waals surface area contributed by atoms with Crippen LogP contribution in [0, 0.1) is 3.70 Å². The van der Waals surface area contributed by atoms with Crippen LogP contribution in [0.3, 0.4) is 0 Å². The van der Waals surface area contributed by atoms with Crippen molar-refractivity contribution in [1.29, 1.82) is 0 Å². The van der Waals surface area contributed by atoms with Gasteiger partial charge in [-0.1, -0.05) is 24.9 Å². The Labute approximate surface area is 123 Å². The zero-order valence-corrected chi connectivity index (χ0v) is 12.7. The summed E-state index contributed by atoms with van der Waals surface area (Å²) in [5, 5.41) is 4.35. The van der Waals surface area contributed by atoms with Crippen LogP contribution in [0.2, 0.25) is 5.15 Å². The molecule has 0 unspecified atom stereocenters. The molecule has 96 valence electrons. The van der Waals surface area contributed by atoms with E-state index in [0.29, 0.717) is 15.4 Å². The van der Waals surface area contributed by atoms with Gasteiger partial charge in [0.1, 0.15) is 3.70 Å². The van der Waals surface area contributed by atoms with Gasteiger partial charge in [0.05, 0.1) is 0 Å². The molecule has 0 bridgehead atoms. The first-order valence-corrected chi connectivity index (χ1v) is 7.06. The van der Waals surface area contributed by atoms with E-state index in [1.54, 1.807) is 23.0 Å². The average molecular weight is 379 g/mol. The van der Waals surface area contributed by atoms with Gasteiger partial charge in [-0.2, -0.15) is 5.10 Å². The quantitative estimate of drug-likeness (QED) is 0.768. The smallest absolute Gasteiger partial charge is 0.296 e. The predicted octanol–water partition coefficient (Wildman–Crippen LogP) is 2.49. The lowest BCUT2D eigenvalue weighted by Gasteiger charge is -2.11. The summed E-state index contributed by atoms with van der Waals surface area (Å²) in [6.07, 6.45) is 5.22. The van der Waals surface area contributed by atoms with Gasteiger partial charge < -0.3 is 0 Å². The molecule has 2 aromatic rings. The SMILES string of the molecule is CCCCn1c(I)c(Cl)nc(-n2cccn2)c1=O. The van der Waals surface area contributed by atoms with Gasteiger partial charge >= 0.3 is 0 Å². The summed E-state index contributed by atoms with van der Waals surface area (Å²) in [6.45, 7) is 2.72. The zero-order chi connectivity index (χ0) is 13.1. The first-order valence-electron chi connectivity index (χ1n) is 5.61. The molecule has 18 heavy (non-hydrogen) atoms. The number of hydrogen-bond donors (Lipinski definition) is 0. The van der Waals surface area contributed by atoms with E-state index in [9.17, 15) is 4.79 Å². The summed E-state index contributed by atoms with van der Waals surface area (Å²) in [5.74, 6) is 0.238. The highest BCUT2D eigenvalue weighted by Crippen LogP contribution is 2.15. The summed E-state index contributed by atoms with van der Waals surface area (Å²) in [4.78, 5) is 16.4. The van der Waals surface area contributed by atoms with Crippen LogP contribution in [0.4, 0.5) is 0 Å². The monoisotopic (exact) mass is 378 g/mol. The van der Waals surface area contributed by atoms with Crippen LogP contribution in [-0.4, -0.2) is 19.3 Å². The first-order chi connectivity index (χ1) is 8.65. The van der Waals surface area contributed by atoms with Gasteiger partial charge in [0.15, 0.2) is 5.15 Å². The topological polar surface area (TPSA) is 52.7 Å². The van der Waals surface area contributed by atoms with Crippen LogP contribution in [-0.2, 0) is 6.54 Å². The largest absolute Gasteiger partial charge is 0.298 e. The third kappa shape index (κ3) is 2.59. The highest BCUT2D eigenvalue weighted by atomic mass is 127. The Kier molecular flexibility index (Phi) is 4.39. The van der Waals surface area contributed by atoms with Crippen molar-refractivity contribution in [2.45, 2.75) is 26.3 Å². The van der Waals surface area contributed by atoms with Crippen LogP contribution in [0.5, 0.6) is 0 Å². The van der Waals surface area contributed by atoms with Gasteiger partial charge in [-0.3, -0.25) is 9.36 Å². The minimum atomic E-state index is -0.166. The minimum Gasteiger partial charge on any atom is -0.298 e. The van der Waals surface area contributed by atoms with Gasteiger partial charge in [0.2, 0.25) is 5.82 Å². The van der Waals surface area contributed by atoms with Crippen LogP contribution in [0.1, 0.15) is 19.8 Å². The average Bonchev–Trinajstić information content (AvgIpc) is 2.87. The number of nitrogens with zero attached hydrogens (tertiary/aromatic N) is 4. The first kappa shape index (κ1) is 13.5. The second-order valence-electron chi connectivity index (χ2n) is 3.78. The van der Waals surface area contributed by atoms with E-state index in [2.05, 4.69) is 17.0 Å². The Hall–Kier alpha value is -0.890. The molecule has 0 aliphatic rings.